The van der Waals surface area contributed by atoms with Crippen molar-refractivity contribution in [2.24, 2.45) is 0 Å². The van der Waals surface area contributed by atoms with Crippen LogP contribution in [0.2, 0.25) is 0 Å². The van der Waals surface area contributed by atoms with Crippen molar-refractivity contribution in [3.8, 4) is 11.8 Å². The summed E-state index contributed by atoms with van der Waals surface area (Å²) >= 11 is 0. The summed E-state index contributed by atoms with van der Waals surface area (Å²) in [6, 6.07) is 27.7. The summed E-state index contributed by atoms with van der Waals surface area (Å²) in [7, 11) is 0. The van der Waals surface area contributed by atoms with Gasteiger partial charge in [-0.05, 0) is 59.0 Å². The molecule has 3 nitrogen and oxygen atoms in total. The number of furan rings is 1. The Morgan fingerprint density at radius 3 is 2.60 bits per heavy atom. The van der Waals surface area contributed by atoms with E-state index in [1.165, 1.54) is 5.56 Å². The van der Waals surface area contributed by atoms with E-state index in [0.717, 1.165) is 39.4 Å². The number of nitrogens with zero attached hydrogens (tertiary/aromatic N) is 1. The molecule has 3 aromatic carbocycles. The van der Waals surface area contributed by atoms with Gasteiger partial charge in [-0.2, -0.15) is 0 Å². The zero-order chi connectivity index (χ0) is 20.3. The first-order valence-electron chi connectivity index (χ1n) is 9.89. The van der Waals surface area contributed by atoms with Crippen molar-refractivity contribution in [3.63, 3.8) is 0 Å². The van der Waals surface area contributed by atoms with Gasteiger partial charge in [0, 0.05) is 23.4 Å². The van der Waals surface area contributed by atoms with Crippen LogP contribution in [0.4, 0.5) is 0 Å². The van der Waals surface area contributed by atoms with Crippen LogP contribution < -0.4 is 5.56 Å². The second-order valence-corrected chi connectivity index (χ2v) is 7.29. The molecular weight excluding hydrogens is 370 g/mol. The van der Waals surface area contributed by atoms with Gasteiger partial charge in [0.1, 0.15) is 5.58 Å². The summed E-state index contributed by atoms with van der Waals surface area (Å²) in [5, 5.41) is 2.04. The Bertz CT molecular complexity index is 1460. The van der Waals surface area contributed by atoms with Crippen LogP contribution in [-0.4, -0.2) is 4.57 Å². The topological polar surface area (TPSA) is 35.1 Å². The van der Waals surface area contributed by atoms with Crippen molar-refractivity contribution in [2.75, 3.05) is 0 Å². The predicted octanol–water partition coefficient (Wildman–Crippen LogP) is 5.39. The fraction of sp³-hybridized carbons (Fsp3) is 0.0741. The Morgan fingerprint density at radius 2 is 1.70 bits per heavy atom. The molecular formula is C27H19NO2. The van der Waals surface area contributed by atoms with E-state index < -0.39 is 0 Å². The van der Waals surface area contributed by atoms with E-state index in [-0.39, 0.29) is 5.56 Å². The van der Waals surface area contributed by atoms with Crippen molar-refractivity contribution in [2.45, 2.75) is 13.0 Å². The number of fused-ring (bicyclic) bond motifs is 2. The minimum absolute atomic E-state index is 0.0160. The Labute approximate surface area is 174 Å². The van der Waals surface area contributed by atoms with Crippen LogP contribution in [0.3, 0.4) is 0 Å². The third-order valence-electron chi connectivity index (χ3n) is 5.22. The summed E-state index contributed by atoms with van der Waals surface area (Å²) in [4.78, 5) is 12.6. The van der Waals surface area contributed by atoms with Crippen molar-refractivity contribution in [1.82, 2.24) is 4.57 Å². The first kappa shape index (κ1) is 18.0. The molecule has 0 aliphatic heterocycles. The predicted molar refractivity (Wildman–Crippen MR) is 121 cm³/mol. The fourth-order valence-electron chi connectivity index (χ4n) is 3.69. The van der Waals surface area contributed by atoms with Crippen molar-refractivity contribution in [1.29, 1.82) is 0 Å². The van der Waals surface area contributed by atoms with Gasteiger partial charge < -0.3 is 8.98 Å². The molecule has 0 fully saturated rings. The molecule has 0 spiro atoms. The van der Waals surface area contributed by atoms with Gasteiger partial charge in [0.25, 0.3) is 5.56 Å². The van der Waals surface area contributed by atoms with Gasteiger partial charge in [0.05, 0.1) is 18.3 Å². The monoisotopic (exact) mass is 389 g/mol. The number of aromatic nitrogens is 1. The summed E-state index contributed by atoms with van der Waals surface area (Å²) in [5.74, 6) is 6.47. The van der Waals surface area contributed by atoms with Crippen LogP contribution >= 0.6 is 0 Å². The van der Waals surface area contributed by atoms with Crippen molar-refractivity contribution in [3.05, 3.63) is 118 Å². The third kappa shape index (κ3) is 3.64. The highest BCUT2D eigenvalue weighted by molar-refractivity contribution is 5.81. The summed E-state index contributed by atoms with van der Waals surface area (Å²) in [5.41, 5.74) is 4.95. The molecule has 0 atom stereocenters. The fourth-order valence-corrected chi connectivity index (χ4v) is 3.69. The maximum atomic E-state index is 12.6. The molecule has 2 heterocycles. The van der Waals surface area contributed by atoms with Crippen LogP contribution in [0, 0.1) is 11.8 Å². The maximum Gasteiger partial charge on any atom is 0.251 e. The summed E-state index contributed by atoms with van der Waals surface area (Å²) in [6.07, 6.45) is 2.40. The minimum atomic E-state index is -0.0160. The second-order valence-electron chi connectivity index (χ2n) is 7.29. The normalized spacial score (nSPS) is 10.8. The van der Waals surface area contributed by atoms with Gasteiger partial charge in [-0.1, -0.05) is 48.2 Å². The molecule has 5 aromatic rings. The zero-order valence-corrected chi connectivity index (χ0v) is 16.3. The zero-order valence-electron chi connectivity index (χ0n) is 16.3. The molecule has 0 aliphatic rings. The quantitative estimate of drug-likeness (QED) is 0.388. The Kier molecular flexibility index (Phi) is 4.67. The number of pyridine rings is 1. The smallest absolute Gasteiger partial charge is 0.251 e. The highest BCUT2D eigenvalue weighted by Gasteiger charge is 2.06. The summed E-state index contributed by atoms with van der Waals surface area (Å²) < 4.78 is 7.21. The Hall–Kier alpha value is -4.03. The van der Waals surface area contributed by atoms with Crippen LogP contribution in [0.1, 0.15) is 16.7 Å². The lowest BCUT2D eigenvalue weighted by atomic mass is 10.1. The molecule has 30 heavy (non-hydrogen) atoms. The van der Waals surface area contributed by atoms with Gasteiger partial charge in [-0.25, -0.2) is 0 Å². The van der Waals surface area contributed by atoms with Crippen molar-refractivity contribution < 1.29 is 4.42 Å². The van der Waals surface area contributed by atoms with E-state index in [4.69, 9.17) is 4.42 Å². The van der Waals surface area contributed by atoms with Crippen LogP contribution in [0.15, 0.2) is 100 Å². The second kappa shape index (κ2) is 7.77. The average Bonchev–Trinajstić information content (AvgIpc) is 3.24. The van der Waals surface area contributed by atoms with E-state index in [2.05, 4.69) is 30.0 Å². The molecule has 144 valence electrons. The lowest BCUT2D eigenvalue weighted by Gasteiger charge is -2.10. The lowest BCUT2D eigenvalue weighted by molar-refractivity contribution is 0.615. The molecule has 0 saturated carbocycles. The van der Waals surface area contributed by atoms with Crippen LogP contribution in [0.25, 0.3) is 21.9 Å². The largest absolute Gasteiger partial charge is 0.464 e. The van der Waals surface area contributed by atoms with Gasteiger partial charge in [0.2, 0.25) is 0 Å². The molecule has 3 heteroatoms. The highest BCUT2D eigenvalue weighted by Crippen LogP contribution is 2.19. The molecule has 0 amide bonds. The molecule has 0 unspecified atom stereocenters. The molecule has 0 bridgehead atoms. The minimum Gasteiger partial charge on any atom is -0.464 e. The van der Waals surface area contributed by atoms with E-state index in [1.54, 1.807) is 16.9 Å². The first-order chi connectivity index (χ1) is 14.8. The molecule has 0 N–H and O–H groups in total. The van der Waals surface area contributed by atoms with Crippen LogP contribution in [-0.2, 0) is 13.0 Å². The number of benzene rings is 3. The first-order valence-corrected chi connectivity index (χ1v) is 9.89. The van der Waals surface area contributed by atoms with Gasteiger partial charge in [-0.3, -0.25) is 4.79 Å². The molecule has 5 rings (SSSR count). The van der Waals surface area contributed by atoms with Crippen molar-refractivity contribution >= 4 is 21.9 Å². The summed E-state index contributed by atoms with van der Waals surface area (Å²) in [6.45, 7) is 0.510. The maximum absolute atomic E-state index is 12.6. The standard InChI is InChI=1S/C27H19NO2/c29-27-14-11-23-17-21(8-4-7-20-5-2-1-3-6-20)9-12-25(23)28(27)19-22-10-13-26-24(18-22)15-16-30-26/h1-3,5-6,9-18H,7,19H2. The van der Waals surface area contributed by atoms with Gasteiger partial charge in [-0.15, -0.1) is 0 Å². The average molecular weight is 389 g/mol. The Balaban J connectivity index is 1.46. The number of hydrogen-bond donors (Lipinski definition) is 0. The van der Waals surface area contributed by atoms with E-state index in [0.29, 0.717) is 6.54 Å². The van der Waals surface area contributed by atoms with Gasteiger partial charge in [0.15, 0.2) is 0 Å². The molecule has 0 radical (unpaired) electrons. The highest BCUT2D eigenvalue weighted by atomic mass is 16.3. The number of hydrogen-bond acceptors (Lipinski definition) is 2. The molecule has 2 aromatic heterocycles. The molecule has 0 saturated heterocycles. The number of rotatable bonds is 3. The third-order valence-corrected chi connectivity index (χ3v) is 5.22. The van der Waals surface area contributed by atoms with Gasteiger partial charge >= 0.3 is 0 Å². The lowest BCUT2D eigenvalue weighted by Crippen LogP contribution is -2.19. The van der Waals surface area contributed by atoms with Crippen LogP contribution in [0.5, 0.6) is 0 Å². The molecule has 0 aliphatic carbocycles. The SMILES string of the molecule is O=c1ccc2cc(C#CCc3ccccc3)ccc2n1Cc1ccc2occc2c1. The van der Waals surface area contributed by atoms with E-state index in [9.17, 15) is 4.79 Å². The van der Waals surface area contributed by atoms with E-state index >= 15 is 0 Å². The Morgan fingerprint density at radius 1 is 0.800 bits per heavy atom. The van der Waals surface area contributed by atoms with E-state index in [1.807, 2.05) is 60.7 Å².